The van der Waals surface area contributed by atoms with Gasteiger partial charge in [0.25, 0.3) is 0 Å². The summed E-state index contributed by atoms with van der Waals surface area (Å²) in [5.74, 6) is 0. The second-order valence-corrected chi connectivity index (χ2v) is 10.2. The van der Waals surface area contributed by atoms with Crippen LogP contribution in [-0.4, -0.2) is 11.6 Å². The van der Waals surface area contributed by atoms with Crippen LogP contribution in [0.1, 0.15) is 11.1 Å². The fraction of sp³-hybridized carbons (Fsp3) is 0.150. The molecule has 0 fully saturated rings. The minimum atomic E-state index is -1.81. The molecule has 0 saturated heterocycles. The van der Waals surface area contributed by atoms with Gasteiger partial charge in [0.05, 0.1) is 0 Å². The second-order valence-electron chi connectivity index (χ2n) is 6.04. The van der Waals surface area contributed by atoms with Gasteiger partial charge in [0, 0.05) is 0 Å². The zero-order valence-corrected chi connectivity index (χ0v) is 14.2. The zero-order chi connectivity index (χ0) is 15.4. The van der Waals surface area contributed by atoms with Crippen LogP contribution in [0.3, 0.4) is 0 Å². The number of hydrogen-bond donors (Lipinski definition) is 0. The average Bonchev–Trinajstić information content (AvgIpc) is 2.58. The molecule has 112 valence electrons. The first kappa shape index (κ1) is 14.9. The van der Waals surface area contributed by atoms with Gasteiger partial charge in [0.2, 0.25) is 0 Å². The van der Waals surface area contributed by atoms with Gasteiger partial charge in [-0.1, -0.05) is 0 Å². The molecule has 0 radical (unpaired) electrons. The van der Waals surface area contributed by atoms with Gasteiger partial charge in [-0.25, -0.2) is 0 Å². The third-order valence-corrected chi connectivity index (χ3v) is 8.82. The van der Waals surface area contributed by atoms with Crippen LogP contribution in [0, 0.1) is 6.92 Å². The molecule has 1 aromatic heterocycles. The standard InChI is InChI=1S/C20H22NP/c1-17-13-14-21-15-18(17)16-22(2,19-9-5-3-6-10-19)20-11-7-4-8-12-20/h3-15,22H,16H2,1-2H3. The van der Waals surface area contributed by atoms with Crippen molar-refractivity contribution in [1.82, 2.24) is 4.98 Å². The van der Waals surface area contributed by atoms with E-state index in [1.54, 1.807) is 0 Å². The Hall–Kier alpha value is -1.98. The number of nitrogens with zero attached hydrogens (tertiary/aromatic N) is 1. The first-order valence-corrected chi connectivity index (χ1v) is 10.4. The third kappa shape index (κ3) is 2.96. The Morgan fingerprint density at radius 3 is 1.86 bits per heavy atom. The molecule has 0 N–H and O–H groups in total. The van der Waals surface area contributed by atoms with Crippen LogP contribution in [0.2, 0.25) is 0 Å². The number of aryl methyl sites for hydroxylation is 1. The summed E-state index contributed by atoms with van der Waals surface area (Å²) < 4.78 is 0. The Kier molecular flexibility index (Phi) is 4.36. The van der Waals surface area contributed by atoms with E-state index in [4.69, 9.17) is 0 Å². The van der Waals surface area contributed by atoms with E-state index in [0.717, 1.165) is 6.16 Å². The molecule has 0 spiro atoms. The summed E-state index contributed by atoms with van der Waals surface area (Å²) >= 11 is 0. The average molecular weight is 307 g/mol. The van der Waals surface area contributed by atoms with E-state index in [1.807, 2.05) is 12.4 Å². The van der Waals surface area contributed by atoms with E-state index >= 15 is 0 Å². The van der Waals surface area contributed by atoms with Gasteiger partial charge in [-0.15, -0.1) is 0 Å². The van der Waals surface area contributed by atoms with Crippen LogP contribution in [0.25, 0.3) is 0 Å². The monoisotopic (exact) mass is 307 g/mol. The van der Waals surface area contributed by atoms with Gasteiger partial charge in [0.15, 0.2) is 0 Å². The summed E-state index contributed by atoms with van der Waals surface area (Å²) in [5.41, 5.74) is 2.70. The number of benzene rings is 2. The summed E-state index contributed by atoms with van der Waals surface area (Å²) in [7, 11) is -1.81. The third-order valence-electron chi connectivity index (χ3n) is 4.51. The van der Waals surface area contributed by atoms with Crippen molar-refractivity contribution in [2.45, 2.75) is 13.1 Å². The molecule has 22 heavy (non-hydrogen) atoms. The zero-order valence-electron chi connectivity index (χ0n) is 13.2. The van der Waals surface area contributed by atoms with Crippen molar-refractivity contribution in [2.75, 3.05) is 6.66 Å². The Labute approximate surface area is 133 Å². The second kappa shape index (κ2) is 6.42. The maximum absolute atomic E-state index is 4.34. The maximum atomic E-state index is 4.34. The van der Waals surface area contributed by atoms with E-state index in [2.05, 4.69) is 85.3 Å². The van der Waals surface area contributed by atoms with E-state index in [1.165, 1.54) is 21.7 Å². The molecule has 3 rings (SSSR count). The quantitative estimate of drug-likeness (QED) is 0.666. The van der Waals surface area contributed by atoms with Gasteiger partial charge in [-0.2, -0.15) is 0 Å². The summed E-state index contributed by atoms with van der Waals surface area (Å²) in [5, 5.41) is 2.95. The van der Waals surface area contributed by atoms with Crippen molar-refractivity contribution >= 4 is 17.9 Å². The molecule has 0 amide bonds. The molecule has 2 aromatic carbocycles. The SMILES string of the molecule is Cc1ccncc1C[PH](C)(c1ccccc1)c1ccccc1. The van der Waals surface area contributed by atoms with Crippen molar-refractivity contribution < 1.29 is 0 Å². The molecule has 2 heteroatoms. The molecule has 0 aliphatic heterocycles. The normalized spacial score (nSPS) is 12.1. The molecule has 0 bridgehead atoms. The van der Waals surface area contributed by atoms with Gasteiger partial charge in [0.1, 0.15) is 0 Å². The van der Waals surface area contributed by atoms with Gasteiger partial charge < -0.3 is 0 Å². The van der Waals surface area contributed by atoms with Crippen LogP contribution in [0.4, 0.5) is 0 Å². The number of rotatable bonds is 4. The predicted octanol–water partition coefficient (Wildman–Crippen LogP) is 3.92. The molecule has 3 aromatic rings. The number of aromatic nitrogens is 1. The van der Waals surface area contributed by atoms with E-state index in [0.29, 0.717) is 0 Å². The minimum absolute atomic E-state index is 1.08. The molecule has 0 saturated carbocycles. The molecule has 0 aliphatic rings. The van der Waals surface area contributed by atoms with Crippen LogP contribution in [-0.2, 0) is 6.16 Å². The van der Waals surface area contributed by atoms with Crippen molar-refractivity contribution in [3.05, 3.63) is 90.3 Å². The van der Waals surface area contributed by atoms with Gasteiger partial charge in [-0.3, -0.25) is 0 Å². The van der Waals surface area contributed by atoms with E-state index in [-0.39, 0.29) is 0 Å². The van der Waals surface area contributed by atoms with Crippen LogP contribution >= 0.6 is 7.26 Å². The van der Waals surface area contributed by atoms with Crippen LogP contribution in [0.15, 0.2) is 79.1 Å². The van der Waals surface area contributed by atoms with Crippen molar-refractivity contribution in [2.24, 2.45) is 0 Å². The topological polar surface area (TPSA) is 12.9 Å². The Morgan fingerprint density at radius 1 is 0.818 bits per heavy atom. The Morgan fingerprint density at radius 2 is 1.36 bits per heavy atom. The van der Waals surface area contributed by atoms with Crippen molar-refractivity contribution in [3.8, 4) is 0 Å². The summed E-state index contributed by atoms with van der Waals surface area (Å²) in [6.07, 6.45) is 5.00. The summed E-state index contributed by atoms with van der Waals surface area (Å²) in [6, 6.07) is 24.0. The first-order chi connectivity index (χ1) is 10.7. The molecule has 1 heterocycles. The Balaban J connectivity index is 2.10. The molecule has 0 aliphatic carbocycles. The first-order valence-electron chi connectivity index (χ1n) is 7.71. The molecule has 0 atom stereocenters. The summed E-state index contributed by atoms with van der Waals surface area (Å²) in [6.45, 7) is 4.64. The number of hydrogen-bond acceptors (Lipinski definition) is 1. The molecular weight excluding hydrogens is 285 g/mol. The Bertz CT molecular complexity index is 698. The molecular formula is C20H22NP. The molecule has 0 unspecified atom stereocenters. The predicted molar refractivity (Wildman–Crippen MR) is 99.1 cm³/mol. The van der Waals surface area contributed by atoms with Gasteiger partial charge in [-0.05, 0) is 0 Å². The van der Waals surface area contributed by atoms with E-state index in [9.17, 15) is 0 Å². The number of pyridine rings is 1. The van der Waals surface area contributed by atoms with Crippen molar-refractivity contribution in [3.63, 3.8) is 0 Å². The molecule has 1 nitrogen and oxygen atoms in total. The van der Waals surface area contributed by atoms with E-state index < -0.39 is 7.26 Å². The van der Waals surface area contributed by atoms with Gasteiger partial charge >= 0.3 is 133 Å². The fourth-order valence-electron chi connectivity index (χ4n) is 3.05. The fourth-order valence-corrected chi connectivity index (χ4v) is 6.78. The van der Waals surface area contributed by atoms with Crippen LogP contribution in [0.5, 0.6) is 0 Å². The van der Waals surface area contributed by atoms with Crippen LogP contribution < -0.4 is 10.6 Å². The summed E-state index contributed by atoms with van der Waals surface area (Å²) in [4.78, 5) is 4.34. The van der Waals surface area contributed by atoms with Crippen molar-refractivity contribution in [1.29, 1.82) is 0 Å².